The van der Waals surface area contributed by atoms with Crippen LogP contribution in [0.25, 0.3) is 10.6 Å². The number of amides is 1. The molecule has 3 rings (SSSR count). The Morgan fingerprint density at radius 2 is 1.96 bits per heavy atom. The Kier molecular flexibility index (Phi) is 5.55. The Bertz CT molecular complexity index is 739. The van der Waals surface area contributed by atoms with Crippen LogP contribution in [0.5, 0.6) is 11.5 Å². The molecule has 0 spiro atoms. The lowest BCUT2D eigenvalue weighted by Crippen LogP contribution is -2.47. The largest absolute Gasteiger partial charge is 0.493 e. The molecule has 1 aromatic heterocycles. The van der Waals surface area contributed by atoms with Crippen molar-refractivity contribution in [3.63, 3.8) is 0 Å². The molecule has 0 bridgehead atoms. The molecule has 0 N–H and O–H groups in total. The second kappa shape index (κ2) is 7.84. The van der Waals surface area contributed by atoms with Crippen LogP contribution < -0.4 is 9.47 Å². The molecule has 0 saturated carbocycles. The topological polar surface area (TPSA) is 54.9 Å². The first-order chi connectivity index (χ1) is 12.1. The molecule has 1 amide bonds. The molecule has 7 heteroatoms. The lowest BCUT2D eigenvalue weighted by Gasteiger charge is -2.33. The van der Waals surface area contributed by atoms with E-state index in [1.165, 1.54) is 0 Å². The minimum atomic E-state index is 0.153. The minimum Gasteiger partial charge on any atom is -0.493 e. The number of piperazine rings is 1. The van der Waals surface area contributed by atoms with E-state index in [9.17, 15) is 4.79 Å². The molecule has 134 valence electrons. The molecule has 1 aliphatic heterocycles. The highest BCUT2D eigenvalue weighted by Gasteiger charge is 2.20. The van der Waals surface area contributed by atoms with E-state index in [1.54, 1.807) is 32.5 Å². The highest BCUT2D eigenvalue weighted by molar-refractivity contribution is 7.13. The molecule has 2 heterocycles. The molecule has 0 atom stereocenters. The van der Waals surface area contributed by atoms with Gasteiger partial charge in [-0.2, -0.15) is 0 Å². The Hall–Kier alpha value is -2.12. The van der Waals surface area contributed by atoms with Gasteiger partial charge < -0.3 is 14.4 Å². The number of rotatable bonds is 5. The van der Waals surface area contributed by atoms with E-state index in [-0.39, 0.29) is 5.91 Å². The molecule has 0 unspecified atom stereocenters. The Labute approximate surface area is 152 Å². The first-order valence-corrected chi connectivity index (χ1v) is 9.14. The van der Waals surface area contributed by atoms with E-state index in [0.717, 1.165) is 49.0 Å². The van der Waals surface area contributed by atoms with Gasteiger partial charge >= 0.3 is 0 Å². The predicted octanol–water partition coefficient (Wildman–Crippen LogP) is 2.49. The lowest BCUT2D eigenvalue weighted by atomic mass is 10.2. The summed E-state index contributed by atoms with van der Waals surface area (Å²) in [6.45, 7) is 5.77. The fourth-order valence-corrected chi connectivity index (χ4v) is 3.84. The van der Waals surface area contributed by atoms with E-state index in [0.29, 0.717) is 11.5 Å². The van der Waals surface area contributed by atoms with Crippen LogP contribution in [0.4, 0.5) is 0 Å². The Morgan fingerprint density at radius 1 is 1.20 bits per heavy atom. The first kappa shape index (κ1) is 17.7. The zero-order valence-electron chi connectivity index (χ0n) is 14.8. The van der Waals surface area contributed by atoms with E-state index in [2.05, 4.69) is 10.3 Å². The van der Waals surface area contributed by atoms with Gasteiger partial charge in [0.15, 0.2) is 11.5 Å². The van der Waals surface area contributed by atoms with Gasteiger partial charge in [-0.3, -0.25) is 9.69 Å². The van der Waals surface area contributed by atoms with Crippen LogP contribution in [0, 0.1) is 0 Å². The van der Waals surface area contributed by atoms with Crippen molar-refractivity contribution in [2.24, 2.45) is 0 Å². The molecule has 25 heavy (non-hydrogen) atoms. The van der Waals surface area contributed by atoms with Gasteiger partial charge in [-0.25, -0.2) is 4.98 Å². The van der Waals surface area contributed by atoms with Crippen molar-refractivity contribution < 1.29 is 14.3 Å². The normalized spacial score (nSPS) is 15.2. The molecule has 1 aromatic carbocycles. The second-order valence-electron chi connectivity index (χ2n) is 5.97. The highest BCUT2D eigenvalue weighted by Crippen LogP contribution is 2.39. The summed E-state index contributed by atoms with van der Waals surface area (Å²) in [6, 6.07) is 5.82. The number of para-hydroxylation sites is 1. The number of nitrogens with zero attached hydrogens (tertiary/aromatic N) is 3. The van der Waals surface area contributed by atoms with Crippen molar-refractivity contribution in [1.82, 2.24) is 14.8 Å². The van der Waals surface area contributed by atoms with Gasteiger partial charge in [0.05, 0.1) is 25.5 Å². The molecule has 0 aliphatic carbocycles. The third kappa shape index (κ3) is 3.93. The lowest BCUT2D eigenvalue weighted by molar-refractivity contribution is -0.130. The maximum atomic E-state index is 11.4. The first-order valence-electron chi connectivity index (χ1n) is 8.26. The number of hydrogen-bond acceptors (Lipinski definition) is 6. The number of aromatic nitrogens is 1. The summed E-state index contributed by atoms with van der Waals surface area (Å²) in [5.74, 6) is 1.57. The quantitative estimate of drug-likeness (QED) is 0.819. The summed E-state index contributed by atoms with van der Waals surface area (Å²) in [5.41, 5.74) is 1.99. The van der Waals surface area contributed by atoms with Crippen LogP contribution in [0.2, 0.25) is 0 Å². The van der Waals surface area contributed by atoms with E-state index in [1.807, 2.05) is 23.1 Å². The summed E-state index contributed by atoms with van der Waals surface area (Å²) < 4.78 is 10.9. The van der Waals surface area contributed by atoms with Gasteiger partial charge in [-0.15, -0.1) is 11.3 Å². The predicted molar refractivity (Wildman–Crippen MR) is 98.2 cm³/mol. The zero-order chi connectivity index (χ0) is 17.8. The van der Waals surface area contributed by atoms with Gasteiger partial charge in [-0.05, 0) is 12.1 Å². The maximum Gasteiger partial charge on any atom is 0.219 e. The number of hydrogen-bond donors (Lipinski definition) is 0. The van der Waals surface area contributed by atoms with Crippen molar-refractivity contribution in [1.29, 1.82) is 0 Å². The molecule has 1 saturated heterocycles. The van der Waals surface area contributed by atoms with E-state index in [4.69, 9.17) is 14.5 Å². The highest BCUT2D eigenvalue weighted by atomic mass is 32.1. The van der Waals surface area contributed by atoms with E-state index < -0.39 is 0 Å². The third-order valence-corrected chi connectivity index (χ3v) is 5.31. The standard InChI is InChI=1S/C18H23N3O3S/c1-13(22)21-9-7-20(8-10-21)11-14-12-25-18(19-14)15-5-4-6-16(23-2)17(15)24-3/h4-6,12H,7-11H2,1-3H3. The van der Waals surface area contributed by atoms with Gasteiger partial charge in [-0.1, -0.05) is 6.07 Å². The fourth-order valence-electron chi connectivity index (χ4n) is 3.01. The minimum absolute atomic E-state index is 0.153. The summed E-state index contributed by atoms with van der Waals surface area (Å²) in [5, 5.41) is 3.01. The van der Waals surface area contributed by atoms with Crippen molar-refractivity contribution in [2.75, 3.05) is 40.4 Å². The fraction of sp³-hybridized carbons (Fsp3) is 0.444. The number of carbonyl (C=O) groups excluding carboxylic acids is 1. The van der Waals surface area contributed by atoms with Crippen molar-refractivity contribution >= 4 is 17.2 Å². The Morgan fingerprint density at radius 3 is 2.60 bits per heavy atom. The number of methoxy groups -OCH3 is 2. The Balaban J connectivity index is 1.70. The summed E-state index contributed by atoms with van der Waals surface area (Å²) in [7, 11) is 3.28. The van der Waals surface area contributed by atoms with Crippen molar-refractivity contribution in [3.05, 3.63) is 29.3 Å². The number of thiazole rings is 1. The monoisotopic (exact) mass is 361 g/mol. The summed E-state index contributed by atoms with van der Waals surface area (Å²) in [4.78, 5) is 20.4. The number of benzene rings is 1. The number of carbonyl (C=O) groups is 1. The summed E-state index contributed by atoms with van der Waals surface area (Å²) in [6.07, 6.45) is 0. The molecule has 2 aromatic rings. The van der Waals surface area contributed by atoms with Crippen molar-refractivity contribution in [3.8, 4) is 22.1 Å². The van der Waals surface area contributed by atoms with Crippen LogP contribution in [0.1, 0.15) is 12.6 Å². The van der Waals surface area contributed by atoms with Gasteiger partial charge in [0.2, 0.25) is 5.91 Å². The van der Waals surface area contributed by atoms with Gasteiger partial charge in [0.25, 0.3) is 0 Å². The van der Waals surface area contributed by atoms with Crippen LogP contribution >= 0.6 is 11.3 Å². The smallest absolute Gasteiger partial charge is 0.219 e. The third-order valence-electron chi connectivity index (χ3n) is 4.39. The average molecular weight is 361 g/mol. The second-order valence-corrected chi connectivity index (χ2v) is 6.83. The average Bonchev–Trinajstić information content (AvgIpc) is 3.09. The molecule has 6 nitrogen and oxygen atoms in total. The van der Waals surface area contributed by atoms with Gasteiger partial charge in [0, 0.05) is 45.0 Å². The van der Waals surface area contributed by atoms with Crippen LogP contribution in [-0.4, -0.2) is 61.1 Å². The van der Waals surface area contributed by atoms with E-state index >= 15 is 0 Å². The molecule has 0 radical (unpaired) electrons. The zero-order valence-corrected chi connectivity index (χ0v) is 15.6. The van der Waals surface area contributed by atoms with Crippen molar-refractivity contribution in [2.45, 2.75) is 13.5 Å². The van der Waals surface area contributed by atoms with Gasteiger partial charge in [0.1, 0.15) is 5.01 Å². The van der Waals surface area contributed by atoms with Crippen LogP contribution in [0.3, 0.4) is 0 Å². The van der Waals surface area contributed by atoms with Crippen LogP contribution in [-0.2, 0) is 11.3 Å². The maximum absolute atomic E-state index is 11.4. The molecule has 1 fully saturated rings. The van der Waals surface area contributed by atoms with Crippen LogP contribution in [0.15, 0.2) is 23.6 Å². The SMILES string of the molecule is COc1cccc(-c2nc(CN3CCN(C(C)=O)CC3)cs2)c1OC. The molecule has 1 aliphatic rings. The number of ether oxygens (including phenoxy) is 2. The summed E-state index contributed by atoms with van der Waals surface area (Å²) >= 11 is 1.61. The molecular formula is C18H23N3O3S. The molecular weight excluding hydrogens is 338 g/mol.